The quantitative estimate of drug-likeness (QED) is 0.825. The van der Waals surface area contributed by atoms with Crippen molar-refractivity contribution in [3.8, 4) is 0 Å². The van der Waals surface area contributed by atoms with Crippen LogP contribution in [-0.2, 0) is 11.8 Å². The van der Waals surface area contributed by atoms with Gasteiger partial charge in [0.15, 0.2) is 0 Å². The number of rotatable bonds is 5. The van der Waals surface area contributed by atoms with E-state index in [0.29, 0.717) is 11.4 Å². The highest BCUT2D eigenvalue weighted by Gasteiger charge is 2.29. The topological polar surface area (TPSA) is 46.2 Å². The second-order valence-electron chi connectivity index (χ2n) is 6.01. The molecule has 2 aromatic rings. The van der Waals surface area contributed by atoms with E-state index in [4.69, 9.17) is 17.3 Å². The van der Waals surface area contributed by atoms with E-state index in [1.165, 1.54) is 11.1 Å². The summed E-state index contributed by atoms with van der Waals surface area (Å²) in [7, 11) is 0. The third-order valence-electron chi connectivity index (χ3n) is 3.86. The number of aliphatic hydroxyl groups is 1. The largest absolute Gasteiger partial charge is 0.379 e. The van der Waals surface area contributed by atoms with E-state index in [9.17, 15) is 5.11 Å². The van der Waals surface area contributed by atoms with E-state index >= 15 is 0 Å². The zero-order chi connectivity index (χ0) is 15.5. The molecule has 0 aliphatic carbocycles. The lowest BCUT2D eigenvalue weighted by Crippen LogP contribution is -2.34. The van der Waals surface area contributed by atoms with Gasteiger partial charge in [0.25, 0.3) is 0 Å². The molecule has 0 aliphatic rings. The van der Waals surface area contributed by atoms with Crippen LogP contribution in [0.25, 0.3) is 0 Å². The van der Waals surface area contributed by atoms with Crippen LogP contribution in [0.5, 0.6) is 0 Å². The van der Waals surface area contributed by atoms with Gasteiger partial charge in [0.05, 0.1) is 0 Å². The van der Waals surface area contributed by atoms with Gasteiger partial charge >= 0.3 is 0 Å². The number of hydrogen-bond donors (Lipinski definition) is 2. The van der Waals surface area contributed by atoms with Crippen LogP contribution in [0, 0.1) is 6.92 Å². The molecule has 3 N–H and O–H groups in total. The third kappa shape index (κ3) is 4.31. The Balaban J connectivity index is 2.37. The fourth-order valence-electron chi connectivity index (χ4n) is 2.89. The van der Waals surface area contributed by atoms with Crippen molar-refractivity contribution in [2.45, 2.75) is 38.3 Å². The molecule has 0 amide bonds. The minimum Gasteiger partial charge on any atom is -0.379 e. The Bertz CT molecular complexity index is 612. The fraction of sp³-hybridized carbons (Fsp3) is 0.333. The van der Waals surface area contributed by atoms with Crippen LogP contribution < -0.4 is 5.73 Å². The maximum absolute atomic E-state index is 9.70. The molecule has 2 rings (SSSR count). The molecule has 0 heterocycles. The number of halogens is 1. The molecular weight excluding hydrogens is 282 g/mol. The van der Waals surface area contributed by atoms with Crippen molar-refractivity contribution < 1.29 is 5.11 Å². The average Bonchev–Trinajstić information content (AvgIpc) is 2.37. The van der Waals surface area contributed by atoms with Gasteiger partial charge in [0.1, 0.15) is 6.23 Å². The van der Waals surface area contributed by atoms with Crippen LogP contribution in [0.4, 0.5) is 0 Å². The molecule has 2 aromatic carbocycles. The second kappa shape index (κ2) is 6.61. The molecule has 1 unspecified atom stereocenters. The fourth-order valence-corrected chi connectivity index (χ4v) is 3.08. The van der Waals surface area contributed by atoms with Crippen molar-refractivity contribution in [3.05, 3.63) is 70.2 Å². The predicted octanol–water partition coefficient (Wildman–Crippen LogP) is 3.82. The summed E-state index contributed by atoms with van der Waals surface area (Å²) in [4.78, 5) is 0. The number of hydrogen-bond acceptors (Lipinski definition) is 2. The van der Waals surface area contributed by atoms with E-state index in [0.717, 1.165) is 12.0 Å². The standard InChI is InChI=1S/C18H22ClNO/c1-13-5-3-6-14(9-13)11-18(2,12-17(20)21)15-7-4-8-16(19)10-15/h3-10,17,21H,11-12,20H2,1-2H3/t17-,18?/m1/s1. The zero-order valence-corrected chi connectivity index (χ0v) is 13.3. The van der Waals surface area contributed by atoms with E-state index in [1.807, 2.05) is 24.3 Å². The van der Waals surface area contributed by atoms with Gasteiger partial charge in [-0.3, -0.25) is 0 Å². The summed E-state index contributed by atoms with van der Waals surface area (Å²) in [5.74, 6) is 0. The van der Waals surface area contributed by atoms with Gasteiger partial charge in [0, 0.05) is 10.4 Å². The van der Waals surface area contributed by atoms with E-state index in [-0.39, 0.29) is 5.41 Å². The first-order chi connectivity index (χ1) is 9.89. The Morgan fingerprint density at radius 2 is 1.90 bits per heavy atom. The average molecular weight is 304 g/mol. The smallest absolute Gasteiger partial charge is 0.103 e. The highest BCUT2D eigenvalue weighted by molar-refractivity contribution is 6.30. The van der Waals surface area contributed by atoms with Crippen molar-refractivity contribution in [2.75, 3.05) is 0 Å². The van der Waals surface area contributed by atoms with Crippen molar-refractivity contribution >= 4 is 11.6 Å². The molecule has 3 heteroatoms. The maximum atomic E-state index is 9.70. The molecule has 21 heavy (non-hydrogen) atoms. The van der Waals surface area contributed by atoms with Crippen molar-refractivity contribution in [1.82, 2.24) is 0 Å². The number of aryl methyl sites for hydroxylation is 1. The molecule has 2 atom stereocenters. The van der Waals surface area contributed by atoms with Crippen LogP contribution in [0.3, 0.4) is 0 Å². The Morgan fingerprint density at radius 1 is 1.19 bits per heavy atom. The molecule has 2 nitrogen and oxygen atoms in total. The Kier molecular flexibility index (Phi) is 5.04. The van der Waals surface area contributed by atoms with E-state index in [1.54, 1.807) is 0 Å². The Labute approximate surface area is 131 Å². The highest BCUT2D eigenvalue weighted by Crippen LogP contribution is 2.33. The predicted molar refractivity (Wildman–Crippen MR) is 88.5 cm³/mol. The summed E-state index contributed by atoms with van der Waals surface area (Å²) in [5, 5.41) is 10.4. The van der Waals surface area contributed by atoms with Crippen LogP contribution in [0.1, 0.15) is 30.0 Å². The first-order valence-corrected chi connectivity index (χ1v) is 7.52. The van der Waals surface area contributed by atoms with Gasteiger partial charge in [-0.1, -0.05) is 60.5 Å². The summed E-state index contributed by atoms with van der Waals surface area (Å²) < 4.78 is 0. The van der Waals surface area contributed by atoms with Gasteiger partial charge in [-0.05, 0) is 43.0 Å². The monoisotopic (exact) mass is 303 g/mol. The van der Waals surface area contributed by atoms with Gasteiger partial charge in [-0.2, -0.15) is 0 Å². The van der Waals surface area contributed by atoms with Gasteiger partial charge in [-0.15, -0.1) is 0 Å². The molecule has 0 saturated carbocycles. The minimum absolute atomic E-state index is 0.257. The Hall–Kier alpha value is -1.35. The molecule has 0 spiro atoms. The molecular formula is C18H22ClNO. The first kappa shape index (κ1) is 16.0. The number of benzene rings is 2. The molecule has 112 valence electrons. The van der Waals surface area contributed by atoms with Crippen LogP contribution >= 0.6 is 11.6 Å². The lowest BCUT2D eigenvalue weighted by atomic mass is 9.74. The number of aliphatic hydroxyl groups excluding tert-OH is 1. The van der Waals surface area contributed by atoms with Crippen LogP contribution in [0.15, 0.2) is 48.5 Å². The lowest BCUT2D eigenvalue weighted by Gasteiger charge is -2.32. The first-order valence-electron chi connectivity index (χ1n) is 7.14. The molecule has 0 fully saturated rings. The Morgan fingerprint density at radius 3 is 2.52 bits per heavy atom. The van der Waals surface area contributed by atoms with Crippen molar-refractivity contribution in [3.63, 3.8) is 0 Å². The summed E-state index contributed by atoms with van der Waals surface area (Å²) >= 11 is 6.12. The van der Waals surface area contributed by atoms with Crippen LogP contribution in [0.2, 0.25) is 5.02 Å². The van der Waals surface area contributed by atoms with Gasteiger partial charge < -0.3 is 10.8 Å². The molecule has 0 aromatic heterocycles. The van der Waals surface area contributed by atoms with E-state index in [2.05, 4.69) is 38.1 Å². The normalized spacial score (nSPS) is 15.5. The lowest BCUT2D eigenvalue weighted by molar-refractivity contribution is 0.140. The van der Waals surface area contributed by atoms with Crippen LogP contribution in [-0.4, -0.2) is 11.3 Å². The summed E-state index contributed by atoms with van der Waals surface area (Å²) in [6.45, 7) is 4.20. The summed E-state index contributed by atoms with van der Waals surface area (Å²) in [5.41, 5.74) is 8.97. The molecule has 0 bridgehead atoms. The SMILES string of the molecule is Cc1cccc(CC(C)(C[C@H](N)O)c2cccc(Cl)c2)c1. The zero-order valence-electron chi connectivity index (χ0n) is 12.5. The van der Waals surface area contributed by atoms with E-state index < -0.39 is 6.23 Å². The third-order valence-corrected chi connectivity index (χ3v) is 4.09. The molecule has 0 saturated heterocycles. The van der Waals surface area contributed by atoms with Crippen molar-refractivity contribution in [2.24, 2.45) is 5.73 Å². The van der Waals surface area contributed by atoms with Crippen molar-refractivity contribution in [1.29, 1.82) is 0 Å². The second-order valence-corrected chi connectivity index (χ2v) is 6.44. The van der Waals surface area contributed by atoms with Gasteiger partial charge in [0.2, 0.25) is 0 Å². The molecule has 0 aliphatic heterocycles. The minimum atomic E-state index is -0.848. The number of nitrogens with two attached hydrogens (primary N) is 1. The highest BCUT2D eigenvalue weighted by atomic mass is 35.5. The maximum Gasteiger partial charge on any atom is 0.103 e. The molecule has 0 radical (unpaired) electrons. The summed E-state index contributed by atoms with van der Waals surface area (Å²) in [6, 6.07) is 16.2. The van der Waals surface area contributed by atoms with Gasteiger partial charge in [-0.25, -0.2) is 0 Å². The summed E-state index contributed by atoms with van der Waals surface area (Å²) in [6.07, 6.45) is 0.448.